The minimum atomic E-state index is 0.157. The predicted octanol–water partition coefficient (Wildman–Crippen LogP) is 4.00. The first-order valence-electron chi connectivity index (χ1n) is 6.37. The van der Waals surface area contributed by atoms with E-state index in [2.05, 4.69) is 15.2 Å². The Morgan fingerprint density at radius 3 is 2.52 bits per heavy atom. The Bertz CT molecular complexity index is 778. The third-order valence-corrected chi connectivity index (χ3v) is 3.20. The van der Waals surface area contributed by atoms with E-state index >= 15 is 0 Å². The molecule has 0 fully saturated rings. The molecule has 0 aliphatic rings. The number of rotatable bonds is 3. The summed E-state index contributed by atoms with van der Waals surface area (Å²) in [5.74, 6) is 1.23. The third kappa shape index (κ3) is 3.12. The third-order valence-electron chi connectivity index (χ3n) is 2.95. The van der Waals surface area contributed by atoms with Crippen molar-refractivity contribution in [3.05, 3.63) is 64.9 Å². The molecule has 0 atom stereocenters. The first-order valence-corrected chi connectivity index (χ1v) is 6.74. The van der Waals surface area contributed by atoms with Crippen molar-refractivity contribution in [3.63, 3.8) is 0 Å². The lowest BCUT2D eigenvalue weighted by atomic mass is 10.2. The van der Waals surface area contributed by atoms with Crippen molar-refractivity contribution in [3.8, 4) is 17.1 Å². The maximum Gasteiger partial charge on any atom is 0.185 e. The van der Waals surface area contributed by atoms with Crippen molar-refractivity contribution >= 4 is 23.8 Å². The number of aromatic nitrogens is 3. The van der Waals surface area contributed by atoms with Gasteiger partial charge >= 0.3 is 0 Å². The average Bonchev–Trinajstić information content (AvgIpc) is 2.96. The van der Waals surface area contributed by atoms with Crippen LogP contribution >= 0.6 is 11.6 Å². The van der Waals surface area contributed by atoms with Crippen molar-refractivity contribution < 1.29 is 5.11 Å². The van der Waals surface area contributed by atoms with Crippen molar-refractivity contribution in [2.45, 2.75) is 0 Å². The molecule has 0 amide bonds. The molecular weight excluding hydrogens is 286 g/mol. The van der Waals surface area contributed by atoms with Gasteiger partial charge in [-0.1, -0.05) is 41.9 Å². The van der Waals surface area contributed by atoms with E-state index in [9.17, 15) is 5.11 Å². The van der Waals surface area contributed by atoms with Crippen LogP contribution in [0.4, 0.5) is 0 Å². The number of aromatic amines is 1. The summed E-state index contributed by atoms with van der Waals surface area (Å²) < 4.78 is 0. The van der Waals surface area contributed by atoms with Gasteiger partial charge in [-0.2, -0.15) is 5.10 Å². The van der Waals surface area contributed by atoms with Gasteiger partial charge in [0.15, 0.2) is 5.82 Å². The second kappa shape index (κ2) is 5.81. The predicted molar refractivity (Wildman–Crippen MR) is 83.9 cm³/mol. The molecular formula is C16H12ClN3O. The van der Waals surface area contributed by atoms with Crippen LogP contribution in [0.3, 0.4) is 0 Å². The number of H-pyrrole nitrogens is 1. The Kier molecular flexibility index (Phi) is 3.71. The molecule has 1 heterocycles. The molecule has 0 spiro atoms. The van der Waals surface area contributed by atoms with E-state index in [0.717, 1.165) is 5.56 Å². The van der Waals surface area contributed by atoms with Gasteiger partial charge in [-0.15, -0.1) is 0 Å². The van der Waals surface area contributed by atoms with Crippen LogP contribution in [0.1, 0.15) is 11.4 Å². The molecule has 21 heavy (non-hydrogen) atoms. The second-order valence-electron chi connectivity index (χ2n) is 4.45. The highest BCUT2D eigenvalue weighted by atomic mass is 35.5. The van der Waals surface area contributed by atoms with Crippen LogP contribution < -0.4 is 0 Å². The number of nitrogens with zero attached hydrogens (tertiary/aromatic N) is 2. The Hall–Kier alpha value is -2.59. The zero-order valence-electron chi connectivity index (χ0n) is 11.0. The fourth-order valence-electron chi connectivity index (χ4n) is 1.88. The normalized spacial score (nSPS) is 11.1. The largest absolute Gasteiger partial charge is 0.507 e. The molecule has 1 aromatic heterocycles. The quantitative estimate of drug-likeness (QED) is 0.768. The molecule has 4 nitrogen and oxygen atoms in total. The van der Waals surface area contributed by atoms with Crippen LogP contribution in [0.25, 0.3) is 23.5 Å². The second-order valence-corrected chi connectivity index (χ2v) is 4.88. The first kappa shape index (κ1) is 13.4. The maximum absolute atomic E-state index is 9.78. The van der Waals surface area contributed by atoms with Crippen molar-refractivity contribution in [2.75, 3.05) is 0 Å². The van der Waals surface area contributed by atoms with Crippen LogP contribution in [0, 0.1) is 0 Å². The van der Waals surface area contributed by atoms with Gasteiger partial charge in [-0.05, 0) is 35.9 Å². The minimum Gasteiger partial charge on any atom is -0.507 e. The van der Waals surface area contributed by atoms with Gasteiger partial charge in [-0.25, -0.2) is 4.98 Å². The van der Waals surface area contributed by atoms with E-state index in [1.54, 1.807) is 18.2 Å². The SMILES string of the molecule is Oc1ccccc1-c1n[nH]c(/C=C\c2ccc(Cl)cc2)n1. The number of halogens is 1. The minimum absolute atomic E-state index is 0.157. The van der Waals surface area contributed by atoms with Crippen LogP contribution in [0.2, 0.25) is 5.02 Å². The van der Waals surface area contributed by atoms with E-state index in [1.807, 2.05) is 42.5 Å². The molecule has 3 rings (SSSR count). The van der Waals surface area contributed by atoms with Gasteiger partial charge in [-0.3, -0.25) is 5.10 Å². The number of hydrogen-bond donors (Lipinski definition) is 2. The number of hydrogen-bond acceptors (Lipinski definition) is 3. The van der Waals surface area contributed by atoms with E-state index in [-0.39, 0.29) is 5.75 Å². The molecule has 104 valence electrons. The summed E-state index contributed by atoms with van der Waals surface area (Å²) in [5.41, 5.74) is 1.61. The molecule has 3 aromatic rings. The van der Waals surface area contributed by atoms with E-state index < -0.39 is 0 Å². The average molecular weight is 298 g/mol. The van der Waals surface area contributed by atoms with Crippen LogP contribution in [-0.4, -0.2) is 20.3 Å². The molecule has 0 saturated carbocycles. The van der Waals surface area contributed by atoms with Gasteiger partial charge in [0, 0.05) is 5.02 Å². The van der Waals surface area contributed by atoms with Crippen LogP contribution in [0.15, 0.2) is 48.5 Å². The highest BCUT2D eigenvalue weighted by Crippen LogP contribution is 2.25. The lowest BCUT2D eigenvalue weighted by molar-refractivity contribution is 0.477. The lowest BCUT2D eigenvalue weighted by Gasteiger charge is -1.97. The number of phenols is 1. The summed E-state index contributed by atoms with van der Waals surface area (Å²) in [4.78, 5) is 4.33. The molecule has 2 N–H and O–H groups in total. The van der Waals surface area contributed by atoms with Crippen molar-refractivity contribution in [1.29, 1.82) is 0 Å². The Morgan fingerprint density at radius 2 is 1.76 bits per heavy atom. The van der Waals surface area contributed by atoms with E-state index in [0.29, 0.717) is 22.2 Å². The molecule has 0 saturated heterocycles. The van der Waals surface area contributed by atoms with Gasteiger partial charge in [0.1, 0.15) is 11.6 Å². The van der Waals surface area contributed by atoms with Gasteiger partial charge in [0.25, 0.3) is 0 Å². The van der Waals surface area contributed by atoms with E-state index in [4.69, 9.17) is 11.6 Å². The molecule has 0 unspecified atom stereocenters. The van der Waals surface area contributed by atoms with Gasteiger partial charge < -0.3 is 5.11 Å². The van der Waals surface area contributed by atoms with Crippen molar-refractivity contribution in [1.82, 2.24) is 15.2 Å². The van der Waals surface area contributed by atoms with Gasteiger partial charge in [0.2, 0.25) is 0 Å². The summed E-state index contributed by atoms with van der Waals surface area (Å²) in [6.45, 7) is 0. The Labute approximate surface area is 126 Å². The molecule has 0 aliphatic heterocycles. The fourth-order valence-corrected chi connectivity index (χ4v) is 2.01. The maximum atomic E-state index is 9.78. The first-order chi connectivity index (χ1) is 10.2. The zero-order chi connectivity index (χ0) is 14.7. The molecule has 0 bridgehead atoms. The summed E-state index contributed by atoms with van der Waals surface area (Å²) in [5, 5.41) is 17.4. The molecule has 5 heteroatoms. The molecule has 0 radical (unpaired) electrons. The topological polar surface area (TPSA) is 61.8 Å². The summed E-state index contributed by atoms with van der Waals surface area (Å²) in [7, 11) is 0. The summed E-state index contributed by atoms with van der Waals surface area (Å²) in [6.07, 6.45) is 3.73. The smallest absolute Gasteiger partial charge is 0.185 e. The fraction of sp³-hybridized carbons (Fsp3) is 0. The summed E-state index contributed by atoms with van der Waals surface area (Å²) >= 11 is 5.84. The van der Waals surface area contributed by atoms with Crippen molar-refractivity contribution in [2.24, 2.45) is 0 Å². The lowest BCUT2D eigenvalue weighted by Crippen LogP contribution is -1.81. The van der Waals surface area contributed by atoms with Crippen LogP contribution in [-0.2, 0) is 0 Å². The Balaban J connectivity index is 1.82. The van der Waals surface area contributed by atoms with Crippen LogP contribution in [0.5, 0.6) is 5.75 Å². The number of nitrogens with one attached hydrogen (secondary N) is 1. The highest BCUT2D eigenvalue weighted by Gasteiger charge is 2.08. The Morgan fingerprint density at radius 1 is 1.00 bits per heavy atom. The molecule has 0 aliphatic carbocycles. The van der Waals surface area contributed by atoms with Gasteiger partial charge in [0.05, 0.1) is 5.56 Å². The zero-order valence-corrected chi connectivity index (χ0v) is 11.7. The number of phenolic OH excluding ortho intramolecular Hbond substituents is 1. The van der Waals surface area contributed by atoms with E-state index in [1.165, 1.54) is 0 Å². The monoisotopic (exact) mass is 297 g/mol. The summed E-state index contributed by atoms with van der Waals surface area (Å²) in [6, 6.07) is 14.4. The number of benzene rings is 2. The molecule has 2 aromatic carbocycles. The standard InChI is InChI=1S/C16H12ClN3O/c17-12-8-5-11(6-9-12)7-10-15-18-16(20-19-15)13-3-1-2-4-14(13)21/h1-10,21H,(H,18,19,20)/b10-7-. The number of para-hydroxylation sites is 1. The number of aromatic hydroxyl groups is 1. The highest BCUT2D eigenvalue weighted by molar-refractivity contribution is 6.30.